The van der Waals surface area contributed by atoms with E-state index in [2.05, 4.69) is 5.10 Å². The third-order valence-electron chi connectivity index (χ3n) is 5.49. The number of para-hydroxylation sites is 2. The minimum Gasteiger partial charge on any atom is -0.488 e. The van der Waals surface area contributed by atoms with Crippen molar-refractivity contribution in [2.45, 2.75) is 6.61 Å². The molecule has 5 heteroatoms. The predicted molar refractivity (Wildman–Crippen MR) is 132 cm³/mol. The fourth-order valence-corrected chi connectivity index (χ4v) is 3.76. The Bertz CT molecular complexity index is 1380. The fourth-order valence-electron chi connectivity index (χ4n) is 3.76. The second-order valence-electron chi connectivity index (χ2n) is 7.74. The molecule has 4 aromatic carbocycles. The summed E-state index contributed by atoms with van der Waals surface area (Å²) in [5, 5.41) is 6.08. The standard InChI is InChI=1S/C29H21FN2O2/c30-26-17-9-7-14-23(26)20-34-27-18-10-8-13-22(27)19-25-28(21-11-3-1-4-12-21)31-32(29(25)33)24-15-5-2-6-16-24/h1-19H,20H2/b25-19-. The van der Waals surface area contributed by atoms with Crippen LogP contribution < -0.4 is 9.75 Å². The third-order valence-corrected chi connectivity index (χ3v) is 5.49. The van der Waals surface area contributed by atoms with E-state index in [9.17, 15) is 9.18 Å². The van der Waals surface area contributed by atoms with Crippen LogP contribution in [0.25, 0.3) is 6.08 Å². The monoisotopic (exact) mass is 448 g/mol. The highest BCUT2D eigenvalue weighted by Gasteiger charge is 2.32. The Kier molecular flexibility index (Phi) is 5.99. The van der Waals surface area contributed by atoms with Gasteiger partial charge in [-0.2, -0.15) is 10.1 Å². The number of rotatable bonds is 6. The predicted octanol–water partition coefficient (Wildman–Crippen LogP) is 6.24. The lowest BCUT2D eigenvalue weighted by atomic mass is 10.00. The van der Waals surface area contributed by atoms with E-state index in [0.29, 0.717) is 33.8 Å². The maximum atomic E-state index is 14.1. The summed E-state index contributed by atoms with van der Waals surface area (Å²) in [4.78, 5) is 13.5. The van der Waals surface area contributed by atoms with Crippen molar-refractivity contribution in [2.24, 2.45) is 5.10 Å². The molecule has 4 nitrogen and oxygen atoms in total. The molecule has 34 heavy (non-hydrogen) atoms. The smallest absolute Gasteiger partial charge is 0.281 e. The highest BCUT2D eigenvalue weighted by Crippen LogP contribution is 2.30. The zero-order valence-corrected chi connectivity index (χ0v) is 18.3. The van der Waals surface area contributed by atoms with Gasteiger partial charge in [-0.05, 0) is 30.3 Å². The van der Waals surface area contributed by atoms with E-state index in [1.807, 2.05) is 78.9 Å². The van der Waals surface area contributed by atoms with Crippen LogP contribution in [0.2, 0.25) is 0 Å². The average Bonchev–Trinajstić information content (AvgIpc) is 3.21. The summed E-state index contributed by atoms with van der Waals surface area (Å²) in [5.74, 6) is 0.00638. The molecule has 5 rings (SSSR count). The van der Waals surface area contributed by atoms with Gasteiger partial charge in [0.15, 0.2) is 0 Å². The summed E-state index contributed by atoms with van der Waals surface area (Å²) in [6.45, 7) is 0.0799. The van der Waals surface area contributed by atoms with Crippen LogP contribution in [0.1, 0.15) is 16.7 Å². The van der Waals surface area contributed by atoms with Gasteiger partial charge in [0, 0.05) is 16.7 Å². The summed E-state index contributed by atoms with van der Waals surface area (Å²) in [7, 11) is 0. The van der Waals surface area contributed by atoms with E-state index in [4.69, 9.17) is 4.74 Å². The summed E-state index contributed by atoms with van der Waals surface area (Å²) in [6.07, 6.45) is 1.79. The molecule has 0 unspecified atom stereocenters. The van der Waals surface area contributed by atoms with Crippen molar-refractivity contribution in [1.29, 1.82) is 0 Å². The van der Waals surface area contributed by atoms with Gasteiger partial charge in [-0.1, -0.05) is 84.9 Å². The van der Waals surface area contributed by atoms with E-state index in [0.717, 1.165) is 5.56 Å². The Balaban J connectivity index is 1.52. The van der Waals surface area contributed by atoms with Crippen molar-refractivity contribution >= 4 is 23.4 Å². The highest BCUT2D eigenvalue weighted by atomic mass is 19.1. The van der Waals surface area contributed by atoms with Crippen molar-refractivity contribution in [3.63, 3.8) is 0 Å². The molecule has 0 saturated carbocycles. The molecule has 1 aliphatic rings. The Morgan fingerprint density at radius 1 is 0.794 bits per heavy atom. The summed E-state index contributed by atoms with van der Waals surface area (Å²) >= 11 is 0. The molecule has 0 fully saturated rings. The molecule has 166 valence electrons. The summed E-state index contributed by atoms with van der Waals surface area (Å²) in [5.41, 5.74) is 3.73. The maximum absolute atomic E-state index is 14.1. The van der Waals surface area contributed by atoms with Crippen molar-refractivity contribution in [3.05, 3.63) is 137 Å². The van der Waals surface area contributed by atoms with Crippen molar-refractivity contribution in [1.82, 2.24) is 0 Å². The topological polar surface area (TPSA) is 41.9 Å². The number of anilines is 1. The largest absolute Gasteiger partial charge is 0.488 e. The summed E-state index contributed by atoms with van der Waals surface area (Å²) in [6, 6.07) is 32.8. The van der Waals surface area contributed by atoms with Crippen LogP contribution in [0, 0.1) is 5.82 Å². The molecule has 0 saturated heterocycles. The van der Waals surface area contributed by atoms with E-state index in [1.54, 1.807) is 30.3 Å². The number of halogens is 1. The molecule has 0 N–H and O–H groups in total. The zero-order chi connectivity index (χ0) is 23.3. The number of hydrogen-bond acceptors (Lipinski definition) is 3. The number of carbonyl (C=O) groups excluding carboxylic acids is 1. The van der Waals surface area contributed by atoms with Crippen LogP contribution in [0.3, 0.4) is 0 Å². The lowest BCUT2D eigenvalue weighted by Crippen LogP contribution is -2.21. The van der Waals surface area contributed by atoms with Crippen LogP contribution in [0.4, 0.5) is 10.1 Å². The molecule has 0 bridgehead atoms. The number of benzene rings is 4. The number of ether oxygens (including phenoxy) is 1. The fraction of sp³-hybridized carbons (Fsp3) is 0.0345. The first-order chi connectivity index (χ1) is 16.7. The van der Waals surface area contributed by atoms with Gasteiger partial charge in [0.25, 0.3) is 5.91 Å². The molecule has 0 atom stereocenters. The molecule has 0 aromatic heterocycles. The van der Waals surface area contributed by atoms with Crippen LogP contribution >= 0.6 is 0 Å². The van der Waals surface area contributed by atoms with Gasteiger partial charge >= 0.3 is 0 Å². The van der Waals surface area contributed by atoms with Gasteiger partial charge in [0.1, 0.15) is 23.9 Å². The first-order valence-electron chi connectivity index (χ1n) is 10.9. The average molecular weight is 448 g/mol. The Morgan fingerprint density at radius 2 is 1.44 bits per heavy atom. The molecule has 1 amide bonds. The van der Waals surface area contributed by atoms with Gasteiger partial charge in [-0.15, -0.1) is 0 Å². The van der Waals surface area contributed by atoms with Gasteiger partial charge in [0.2, 0.25) is 0 Å². The molecular formula is C29H21FN2O2. The van der Waals surface area contributed by atoms with E-state index in [-0.39, 0.29) is 18.3 Å². The second kappa shape index (κ2) is 9.55. The molecule has 0 aliphatic carbocycles. The van der Waals surface area contributed by atoms with Crippen molar-refractivity contribution in [2.75, 3.05) is 5.01 Å². The number of carbonyl (C=O) groups is 1. The Morgan fingerprint density at radius 3 is 2.21 bits per heavy atom. The van der Waals surface area contributed by atoms with Gasteiger partial charge in [-0.3, -0.25) is 4.79 Å². The first-order valence-corrected chi connectivity index (χ1v) is 10.9. The van der Waals surface area contributed by atoms with Crippen LogP contribution in [-0.4, -0.2) is 11.6 Å². The van der Waals surface area contributed by atoms with Crippen LogP contribution in [0.15, 0.2) is 120 Å². The van der Waals surface area contributed by atoms with E-state index >= 15 is 0 Å². The van der Waals surface area contributed by atoms with Crippen molar-refractivity contribution in [3.8, 4) is 5.75 Å². The number of amides is 1. The number of hydrogen-bond donors (Lipinski definition) is 0. The van der Waals surface area contributed by atoms with Gasteiger partial charge < -0.3 is 4.74 Å². The minimum absolute atomic E-state index is 0.0799. The van der Waals surface area contributed by atoms with Crippen molar-refractivity contribution < 1.29 is 13.9 Å². The van der Waals surface area contributed by atoms with Gasteiger partial charge in [0.05, 0.1) is 11.3 Å². The molecule has 0 spiro atoms. The van der Waals surface area contributed by atoms with Gasteiger partial charge in [-0.25, -0.2) is 4.39 Å². The number of nitrogens with zero attached hydrogens (tertiary/aromatic N) is 2. The SMILES string of the molecule is O=C1/C(=C\c2ccccc2OCc2ccccc2F)C(c2ccccc2)=NN1c1ccccc1. The Hall–Kier alpha value is -4.51. The summed E-state index contributed by atoms with van der Waals surface area (Å²) < 4.78 is 20.0. The Labute approximate surface area is 197 Å². The first kappa shape index (κ1) is 21.3. The third kappa shape index (κ3) is 4.36. The normalized spacial score (nSPS) is 14.4. The zero-order valence-electron chi connectivity index (χ0n) is 18.3. The van der Waals surface area contributed by atoms with Crippen LogP contribution in [-0.2, 0) is 11.4 Å². The van der Waals surface area contributed by atoms with E-state index < -0.39 is 0 Å². The molecule has 1 heterocycles. The quantitative estimate of drug-likeness (QED) is 0.328. The molecular weight excluding hydrogens is 427 g/mol. The molecule has 0 radical (unpaired) electrons. The molecule has 4 aromatic rings. The number of hydrazone groups is 1. The molecule has 1 aliphatic heterocycles. The maximum Gasteiger partial charge on any atom is 0.281 e. The lowest BCUT2D eigenvalue weighted by Gasteiger charge is -2.12. The minimum atomic E-state index is -0.318. The second-order valence-corrected chi connectivity index (χ2v) is 7.74. The van der Waals surface area contributed by atoms with Crippen LogP contribution in [0.5, 0.6) is 5.75 Å². The highest BCUT2D eigenvalue weighted by molar-refractivity contribution is 6.37. The van der Waals surface area contributed by atoms with E-state index in [1.165, 1.54) is 11.1 Å². The lowest BCUT2D eigenvalue weighted by molar-refractivity contribution is -0.114.